The van der Waals surface area contributed by atoms with E-state index in [1.807, 2.05) is 6.20 Å². The third-order valence-electron chi connectivity index (χ3n) is 3.12. The molecule has 1 aliphatic heterocycles. The molecule has 0 bridgehead atoms. The predicted octanol–water partition coefficient (Wildman–Crippen LogP) is 0.951. The molecule has 1 fully saturated rings. The molecule has 65 valence electrons. The molecule has 1 aromatic carbocycles. The Kier molecular flexibility index (Phi) is 1.20. The van der Waals surface area contributed by atoms with E-state index in [4.69, 9.17) is 0 Å². The molecule has 2 aliphatic rings. The summed E-state index contributed by atoms with van der Waals surface area (Å²) in [5.41, 5.74) is 1.70. The SMILES string of the molecule is CC1(C2=c3ccccc3=C[N]2)CC1. The van der Waals surface area contributed by atoms with Crippen LogP contribution in [0.5, 0.6) is 0 Å². The monoisotopic (exact) mass is 170 g/mol. The molecule has 1 saturated carbocycles. The lowest BCUT2D eigenvalue weighted by molar-refractivity contribution is 0.735. The molecule has 0 N–H and O–H groups in total. The average molecular weight is 170 g/mol. The third kappa shape index (κ3) is 0.932. The first-order chi connectivity index (χ1) is 6.30. The Morgan fingerprint density at radius 1 is 1.23 bits per heavy atom. The van der Waals surface area contributed by atoms with Gasteiger partial charge in [-0.05, 0) is 12.8 Å². The molecule has 1 heteroatoms. The van der Waals surface area contributed by atoms with Gasteiger partial charge in [0.2, 0.25) is 0 Å². The van der Waals surface area contributed by atoms with Crippen LogP contribution in [0, 0.1) is 5.41 Å². The molecule has 0 unspecified atom stereocenters. The Hall–Kier alpha value is -1.24. The zero-order valence-electron chi connectivity index (χ0n) is 7.75. The lowest BCUT2D eigenvalue weighted by Gasteiger charge is -2.07. The highest BCUT2D eigenvalue weighted by atomic mass is 14.9. The number of nitrogens with zero attached hydrogens (tertiary/aromatic N) is 1. The quantitative estimate of drug-likeness (QED) is 0.596. The smallest absolute Gasteiger partial charge is 0.0541 e. The first-order valence-electron chi connectivity index (χ1n) is 4.80. The van der Waals surface area contributed by atoms with Crippen LogP contribution in [0.25, 0.3) is 11.9 Å². The van der Waals surface area contributed by atoms with Gasteiger partial charge in [0, 0.05) is 22.1 Å². The Labute approximate surface area is 77.8 Å². The van der Waals surface area contributed by atoms with Crippen molar-refractivity contribution in [3.05, 3.63) is 34.7 Å². The Bertz CT molecular complexity index is 466. The second kappa shape index (κ2) is 2.16. The highest BCUT2D eigenvalue weighted by molar-refractivity contribution is 5.62. The number of benzene rings is 1. The van der Waals surface area contributed by atoms with Crippen molar-refractivity contribution in [1.82, 2.24) is 5.32 Å². The maximum absolute atomic E-state index is 4.53. The summed E-state index contributed by atoms with van der Waals surface area (Å²) < 4.78 is 0. The molecule has 1 aromatic rings. The fourth-order valence-electron chi connectivity index (χ4n) is 1.93. The number of hydrogen-bond donors (Lipinski definition) is 0. The first-order valence-corrected chi connectivity index (χ1v) is 4.80. The average Bonchev–Trinajstić information content (AvgIpc) is 2.76. The summed E-state index contributed by atoms with van der Waals surface area (Å²) in [5.74, 6) is 0. The zero-order chi connectivity index (χ0) is 8.89. The standard InChI is InChI=1S/C12H12N/c1-12(6-7-12)11-10-5-3-2-4-9(10)8-13-11/h2-5,8H,6-7H2,1H3. The van der Waals surface area contributed by atoms with Crippen molar-refractivity contribution in [1.29, 1.82) is 0 Å². The minimum absolute atomic E-state index is 0.392. The maximum Gasteiger partial charge on any atom is 0.0541 e. The van der Waals surface area contributed by atoms with Crippen LogP contribution in [-0.4, -0.2) is 0 Å². The van der Waals surface area contributed by atoms with Gasteiger partial charge in [0.15, 0.2) is 0 Å². The van der Waals surface area contributed by atoms with E-state index in [-0.39, 0.29) is 0 Å². The minimum atomic E-state index is 0.392. The second-order valence-corrected chi connectivity index (χ2v) is 4.25. The molecule has 1 nitrogen and oxygen atoms in total. The fraction of sp³-hybridized carbons (Fsp3) is 0.333. The van der Waals surface area contributed by atoms with Gasteiger partial charge in [0.05, 0.1) is 5.70 Å². The van der Waals surface area contributed by atoms with E-state index in [2.05, 4.69) is 36.5 Å². The summed E-state index contributed by atoms with van der Waals surface area (Å²) in [6, 6.07) is 8.49. The highest BCUT2D eigenvalue weighted by Crippen LogP contribution is 2.51. The van der Waals surface area contributed by atoms with E-state index in [1.54, 1.807) is 0 Å². The molecule has 0 aromatic heterocycles. The van der Waals surface area contributed by atoms with Crippen molar-refractivity contribution >= 4 is 11.9 Å². The second-order valence-electron chi connectivity index (χ2n) is 4.25. The molecular weight excluding hydrogens is 158 g/mol. The first kappa shape index (κ1) is 7.19. The van der Waals surface area contributed by atoms with Crippen LogP contribution in [0.3, 0.4) is 0 Å². The molecule has 1 heterocycles. The van der Waals surface area contributed by atoms with Gasteiger partial charge >= 0.3 is 0 Å². The Morgan fingerprint density at radius 3 is 2.77 bits per heavy atom. The predicted molar refractivity (Wildman–Crippen MR) is 53.0 cm³/mol. The lowest BCUT2D eigenvalue weighted by atomic mass is 10.0. The van der Waals surface area contributed by atoms with E-state index in [0.717, 1.165) is 0 Å². The van der Waals surface area contributed by atoms with Crippen LogP contribution in [0.15, 0.2) is 24.3 Å². The summed E-state index contributed by atoms with van der Waals surface area (Å²) in [6.07, 6.45) is 4.59. The van der Waals surface area contributed by atoms with Crippen molar-refractivity contribution in [2.24, 2.45) is 5.41 Å². The van der Waals surface area contributed by atoms with Crippen molar-refractivity contribution in [3.63, 3.8) is 0 Å². The van der Waals surface area contributed by atoms with Gasteiger partial charge in [0.25, 0.3) is 0 Å². The van der Waals surface area contributed by atoms with Crippen molar-refractivity contribution in [2.75, 3.05) is 0 Å². The summed E-state index contributed by atoms with van der Waals surface area (Å²) in [7, 11) is 0. The van der Waals surface area contributed by atoms with E-state index in [0.29, 0.717) is 5.41 Å². The molecule has 3 rings (SSSR count). The minimum Gasteiger partial charge on any atom is -0.259 e. The summed E-state index contributed by atoms with van der Waals surface area (Å²) in [4.78, 5) is 0. The van der Waals surface area contributed by atoms with Crippen molar-refractivity contribution < 1.29 is 0 Å². The van der Waals surface area contributed by atoms with Crippen LogP contribution in [0.2, 0.25) is 0 Å². The largest absolute Gasteiger partial charge is 0.259 e. The van der Waals surface area contributed by atoms with Crippen LogP contribution in [0.4, 0.5) is 0 Å². The zero-order valence-corrected chi connectivity index (χ0v) is 7.75. The lowest BCUT2D eigenvalue weighted by Crippen LogP contribution is -2.24. The van der Waals surface area contributed by atoms with Gasteiger partial charge in [-0.15, -0.1) is 0 Å². The van der Waals surface area contributed by atoms with Gasteiger partial charge in [-0.2, -0.15) is 0 Å². The molecule has 1 aliphatic carbocycles. The third-order valence-corrected chi connectivity index (χ3v) is 3.12. The molecule has 0 saturated heterocycles. The highest BCUT2D eigenvalue weighted by Gasteiger charge is 2.42. The van der Waals surface area contributed by atoms with Crippen molar-refractivity contribution in [2.45, 2.75) is 19.8 Å². The summed E-state index contributed by atoms with van der Waals surface area (Å²) >= 11 is 0. The molecule has 13 heavy (non-hydrogen) atoms. The molecular formula is C12H12N. The van der Waals surface area contributed by atoms with Gasteiger partial charge in [0.1, 0.15) is 0 Å². The van der Waals surface area contributed by atoms with Gasteiger partial charge in [-0.3, -0.25) is 5.32 Å². The molecule has 0 amide bonds. The van der Waals surface area contributed by atoms with Crippen LogP contribution in [-0.2, 0) is 0 Å². The van der Waals surface area contributed by atoms with Crippen LogP contribution >= 0.6 is 0 Å². The fourth-order valence-corrected chi connectivity index (χ4v) is 1.93. The number of hydrogen-bond acceptors (Lipinski definition) is 0. The van der Waals surface area contributed by atoms with Gasteiger partial charge in [-0.1, -0.05) is 31.2 Å². The normalized spacial score (nSPS) is 21.8. The Balaban J connectivity index is 2.32. The van der Waals surface area contributed by atoms with E-state index < -0.39 is 0 Å². The van der Waals surface area contributed by atoms with Gasteiger partial charge < -0.3 is 0 Å². The maximum atomic E-state index is 4.53. The van der Waals surface area contributed by atoms with Crippen molar-refractivity contribution in [3.8, 4) is 0 Å². The molecule has 1 radical (unpaired) electrons. The summed E-state index contributed by atoms with van der Waals surface area (Å²) in [6.45, 7) is 2.31. The van der Waals surface area contributed by atoms with E-state index in [1.165, 1.54) is 29.0 Å². The molecule has 0 spiro atoms. The number of fused-ring (bicyclic) bond motifs is 1. The topological polar surface area (TPSA) is 14.1 Å². The Morgan fingerprint density at radius 2 is 2.00 bits per heavy atom. The van der Waals surface area contributed by atoms with E-state index >= 15 is 0 Å². The number of rotatable bonds is 1. The van der Waals surface area contributed by atoms with Gasteiger partial charge in [-0.25, -0.2) is 0 Å². The summed E-state index contributed by atoms with van der Waals surface area (Å²) in [5, 5.41) is 7.16. The van der Waals surface area contributed by atoms with Crippen LogP contribution < -0.4 is 15.8 Å². The van der Waals surface area contributed by atoms with E-state index in [9.17, 15) is 0 Å². The molecule has 0 atom stereocenters. The van der Waals surface area contributed by atoms with Crippen LogP contribution in [0.1, 0.15) is 19.8 Å².